The van der Waals surface area contributed by atoms with E-state index in [2.05, 4.69) is 26.5 Å². The minimum atomic E-state index is -4.75. The van der Waals surface area contributed by atoms with Crippen molar-refractivity contribution in [3.63, 3.8) is 0 Å². The van der Waals surface area contributed by atoms with Crippen molar-refractivity contribution in [1.82, 2.24) is 9.97 Å². The van der Waals surface area contributed by atoms with Crippen molar-refractivity contribution in [2.75, 3.05) is 18.5 Å². The Labute approximate surface area is 149 Å². The normalized spacial score (nSPS) is 10.5. The lowest BCUT2D eigenvalue weighted by Gasteiger charge is -2.19. The largest absolute Gasteiger partial charge is 0.573 e. The summed E-state index contributed by atoms with van der Waals surface area (Å²) in [7, 11) is 1.78. The molecule has 0 aliphatic rings. The molecule has 0 amide bonds. The van der Waals surface area contributed by atoms with Gasteiger partial charge in [-0.2, -0.15) is 5.26 Å². The average Bonchev–Trinajstić information content (AvgIpc) is 2.59. The van der Waals surface area contributed by atoms with Gasteiger partial charge in [0, 0.05) is 18.2 Å². The molecule has 0 saturated heterocycles. The molecule has 2 rings (SSSR count). The molecule has 0 bridgehead atoms. The van der Waals surface area contributed by atoms with Crippen molar-refractivity contribution in [3.8, 4) is 34.9 Å². The number of anilines is 1. The minimum Gasteiger partial charge on any atom is -0.406 e. The zero-order chi connectivity index (χ0) is 19.3. The Morgan fingerprint density at radius 2 is 1.85 bits per heavy atom. The first-order chi connectivity index (χ1) is 12.2. The summed E-state index contributed by atoms with van der Waals surface area (Å²) in [4.78, 5) is 10.2. The Hall–Kier alpha value is -3.26. The molecule has 1 aromatic carbocycles. The van der Waals surface area contributed by atoms with E-state index in [1.165, 1.54) is 24.3 Å². The molecule has 0 saturated carbocycles. The van der Waals surface area contributed by atoms with Gasteiger partial charge in [0.2, 0.25) is 5.82 Å². The first-order valence-corrected chi connectivity index (χ1v) is 7.51. The van der Waals surface area contributed by atoms with Gasteiger partial charge < -0.3 is 9.64 Å². The summed E-state index contributed by atoms with van der Waals surface area (Å²) >= 11 is 0. The molecule has 26 heavy (non-hydrogen) atoms. The highest BCUT2D eigenvalue weighted by Gasteiger charge is 2.31. The molecule has 2 aromatic rings. The molecule has 0 fully saturated rings. The number of hydrogen-bond acceptors (Lipinski definition) is 5. The Balaban J connectivity index is 2.45. The number of aromatic nitrogens is 2. The molecular formula is C18H15F3N4O. The minimum absolute atomic E-state index is 0.0347. The predicted octanol–water partition coefficient (Wildman–Crippen LogP) is 3.68. The fraction of sp³-hybridized carbons (Fsp3) is 0.278. The van der Waals surface area contributed by atoms with Crippen LogP contribution in [-0.4, -0.2) is 29.9 Å². The fourth-order valence-electron chi connectivity index (χ4n) is 2.29. The van der Waals surface area contributed by atoms with Crippen LogP contribution in [-0.2, 0) is 0 Å². The highest BCUT2D eigenvalue weighted by molar-refractivity contribution is 5.69. The Bertz CT molecular complexity index is 890. The van der Waals surface area contributed by atoms with E-state index in [1.807, 2.05) is 6.07 Å². The van der Waals surface area contributed by atoms with E-state index >= 15 is 0 Å². The SMILES string of the molecule is CC#CCN(C)c1nc(C#N)nc(-c2ccc(OC(F)(F)F)cc2)c1C. The molecule has 0 atom stereocenters. The van der Waals surface area contributed by atoms with Gasteiger partial charge in [0.15, 0.2) is 0 Å². The third kappa shape index (κ3) is 4.64. The maximum Gasteiger partial charge on any atom is 0.573 e. The van der Waals surface area contributed by atoms with E-state index in [0.717, 1.165) is 0 Å². The molecule has 1 aromatic heterocycles. The second-order valence-electron chi connectivity index (χ2n) is 5.31. The molecule has 0 unspecified atom stereocenters. The number of ether oxygens (including phenoxy) is 1. The van der Waals surface area contributed by atoms with Gasteiger partial charge in [0.1, 0.15) is 17.6 Å². The van der Waals surface area contributed by atoms with Crippen molar-refractivity contribution in [2.45, 2.75) is 20.2 Å². The fourth-order valence-corrected chi connectivity index (χ4v) is 2.29. The van der Waals surface area contributed by atoms with Crippen LogP contribution in [0.4, 0.5) is 19.0 Å². The van der Waals surface area contributed by atoms with Gasteiger partial charge in [-0.1, -0.05) is 5.92 Å². The van der Waals surface area contributed by atoms with Gasteiger partial charge in [-0.15, -0.1) is 19.1 Å². The number of nitrogens with zero attached hydrogens (tertiary/aromatic N) is 4. The van der Waals surface area contributed by atoms with E-state index in [9.17, 15) is 18.4 Å². The summed E-state index contributed by atoms with van der Waals surface area (Å²) in [5, 5.41) is 9.19. The van der Waals surface area contributed by atoms with E-state index in [1.54, 1.807) is 25.8 Å². The van der Waals surface area contributed by atoms with Gasteiger partial charge >= 0.3 is 6.36 Å². The van der Waals surface area contributed by atoms with Crippen molar-refractivity contribution < 1.29 is 17.9 Å². The molecule has 1 heterocycles. The summed E-state index contributed by atoms with van der Waals surface area (Å²) in [6.07, 6.45) is -4.75. The van der Waals surface area contributed by atoms with Gasteiger partial charge in [-0.05, 0) is 38.1 Å². The molecular weight excluding hydrogens is 345 g/mol. The summed E-state index contributed by atoms with van der Waals surface area (Å²) in [6.45, 7) is 3.91. The smallest absolute Gasteiger partial charge is 0.406 e. The van der Waals surface area contributed by atoms with E-state index < -0.39 is 6.36 Å². The zero-order valence-electron chi connectivity index (χ0n) is 14.3. The summed E-state index contributed by atoms with van der Waals surface area (Å²) < 4.78 is 40.7. The van der Waals surface area contributed by atoms with Crippen LogP contribution in [0, 0.1) is 30.1 Å². The number of halogens is 3. The van der Waals surface area contributed by atoms with E-state index in [4.69, 9.17) is 0 Å². The molecule has 134 valence electrons. The average molecular weight is 360 g/mol. The zero-order valence-corrected chi connectivity index (χ0v) is 14.3. The summed E-state index contributed by atoms with van der Waals surface area (Å²) in [5.74, 6) is 5.86. The third-order valence-corrected chi connectivity index (χ3v) is 3.44. The highest BCUT2D eigenvalue weighted by atomic mass is 19.4. The first kappa shape index (κ1) is 19.1. The van der Waals surface area contributed by atoms with E-state index in [-0.39, 0.29) is 11.6 Å². The number of rotatable bonds is 4. The molecule has 0 aliphatic heterocycles. The van der Waals surface area contributed by atoms with Crippen molar-refractivity contribution in [2.24, 2.45) is 0 Å². The number of alkyl halides is 3. The number of benzene rings is 1. The lowest BCUT2D eigenvalue weighted by molar-refractivity contribution is -0.274. The molecule has 0 N–H and O–H groups in total. The quantitative estimate of drug-likeness (QED) is 0.779. The Morgan fingerprint density at radius 1 is 1.19 bits per heavy atom. The molecule has 0 spiro atoms. The van der Waals surface area contributed by atoms with Gasteiger partial charge in [0.25, 0.3) is 0 Å². The maximum atomic E-state index is 12.3. The topological polar surface area (TPSA) is 62.0 Å². The van der Waals surface area contributed by atoms with Crippen LogP contribution < -0.4 is 9.64 Å². The Kier molecular flexibility index (Phi) is 5.68. The van der Waals surface area contributed by atoms with Crippen LogP contribution in [0.25, 0.3) is 11.3 Å². The Morgan fingerprint density at radius 3 is 2.38 bits per heavy atom. The summed E-state index contributed by atoms with van der Waals surface area (Å²) in [5.41, 5.74) is 1.70. The third-order valence-electron chi connectivity index (χ3n) is 3.44. The lowest BCUT2D eigenvalue weighted by atomic mass is 10.1. The van der Waals surface area contributed by atoms with Crippen molar-refractivity contribution in [1.29, 1.82) is 5.26 Å². The standard InChI is InChI=1S/C18H15F3N4O/c1-4-5-10-25(3)17-12(2)16(23-15(11-22)24-17)13-6-8-14(9-7-13)26-18(19,20)21/h6-9H,10H2,1-3H3. The molecule has 0 radical (unpaired) electrons. The second-order valence-corrected chi connectivity index (χ2v) is 5.31. The van der Waals surface area contributed by atoms with Crippen LogP contribution >= 0.6 is 0 Å². The molecule has 5 nitrogen and oxygen atoms in total. The first-order valence-electron chi connectivity index (χ1n) is 7.51. The highest BCUT2D eigenvalue weighted by Crippen LogP contribution is 2.30. The van der Waals surface area contributed by atoms with E-state index in [0.29, 0.717) is 29.2 Å². The molecule has 0 aliphatic carbocycles. The van der Waals surface area contributed by atoms with Crippen LogP contribution in [0.1, 0.15) is 18.3 Å². The predicted molar refractivity (Wildman–Crippen MR) is 90.3 cm³/mol. The van der Waals surface area contributed by atoms with Gasteiger partial charge in [0.05, 0.1) is 12.2 Å². The monoisotopic (exact) mass is 360 g/mol. The van der Waals surface area contributed by atoms with Gasteiger partial charge in [-0.3, -0.25) is 0 Å². The van der Waals surface area contributed by atoms with Crippen molar-refractivity contribution in [3.05, 3.63) is 35.7 Å². The van der Waals surface area contributed by atoms with Crippen LogP contribution in [0.2, 0.25) is 0 Å². The van der Waals surface area contributed by atoms with Crippen LogP contribution in [0.5, 0.6) is 5.75 Å². The van der Waals surface area contributed by atoms with Crippen molar-refractivity contribution >= 4 is 5.82 Å². The second kappa shape index (κ2) is 7.75. The maximum absolute atomic E-state index is 12.3. The number of nitriles is 1. The lowest BCUT2D eigenvalue weighted by Crippen LogP contribution is -2.21. The molecule has 8 heteroatoms. The van der Waals surface area contributed by atoms with Crippen LogP contribution in [0.3, 0.4) is 0 Å². The summed E-state index contributed by atoms with van der Waals surface area (Å²) in [6, 6.07) is 7.20. The number of hydrogen-bond donors (Lipinski definition) is 0. The van der Waals surface area contributed by atoms with Crippen LogP contribution in [0.15, 0.2) is 24.3 Å². The van der Waals surface area contributed by atoms with Gasteiger partial charge in [-0.25, -0.2) is 9.97 Å².